The molecule has 0 unspecified atom stereocenters. The molecule has 1 saturated heterocycles. The van der Waals surface area contributed by atoms with Gasteiger partial charge in [0.25, 0.3) is 5.56 Å². The van der Waals surface area contributed by atoms with Gasteiger partial charge in [-0.05, 0) is 6.92 Å². The van der Waals surface area contributed by atoms with E-state index in [1.165, 1.54) is 17.6 Å². The van der Waals surface area contributed by atoms with Crippen molar-refractivity contribution in [2.75, 3.05) is 43.0 Å². The largest absolute Gasteiger partial charge is 0.369 e. The number of aromatic nitrogens is 2. The lowest BCUT2D eigenvalue weighted by atomic mass is 10.4. The zero-order chi connectivity index (χ0) is 12.1. The number of rotatable bonds is 4. The van der Waals surface area contributed by atoms with E-state index in [0.29, 0.717) is 11.6 Å². The molecule has 0 amide bonds. The maximum Gasteiger partial charge on any atom is 0.252 e. The van der Waals surface area contributed by atoms with Crippen LogP contribution >= 0.6 is 11.8 Å². The Bertz CT molecular complexity index is 414. The van der Waals surface area contributed by atoms with E-state index in [9.17, 15) is 4.79 Å². The topological polar surface area (TPSA) is 61.0 Å². The Morgan fingerprint density at radius 1 is 1.53 bits per heavy atom. The second kappa shape index (κ2) is 6.07. The summed E-state index contributed by atoms with van der Waals surface area (Å²) < 4.78 is 0. The summed E-state index contributed by atoms with van der Waals surface area (Å²) in [4.78, 5) is 20.5. The Morgan fingerprint density at radius 2 is 2.29 bits per heavy atom. The maximum absolute atomic E-state index is 11.2. The van der Waals surface area contributed by atoms with E-state index < -0.39 is 0 Å². The summed E-state index contributed by atoms with van der Waals surface area (Å²) in [6, 6.07) is 1.50. The number of hydrogen-bond donors (Lipinski definition) is 2. The lowest BCUT2D eigenvalue weighted by Crippen LogP contribution is -2.36. The Balaban J connectivity index is 1.79. The maximum atomic E-state index is 11.2. The molecule has 0 aliphatic carbocycles. The standard InChI is InChI=1S/C11H18N4OS/c1-9-13-10(8-11(16)14-9)12-2-3-15-4-6-17-7-5-15/h8H,2-7H2,1H3,(H2,12,13,14,16). The van der Waals surface area contributed by atoms with Crippen LogP contribution in [0.1, 0.15) is 5.82 Å². The van der Waals surface area contributed by atoms with Crippen LogP contribution in [0.3, 0.4) is 0 Å². The van der Waals surface area contributed by atoms with Gasteiger partial charge in [0.05, 0.1) is 0 Å². The van der Waals surface area contributed by atoms with Gasteiger partial charge in [-0.2, -0.15) is 11.8 Å². The van der Waals surface area contributed by atoms with E-state index in [4.69, 9.17) is 0 Å². The van der Waals surface area contributed by atoms with Crippen LogP contribution in [0.25, 0.3) is 0 Å². The zero-order valence-electron chi connectivity index (χ0n) is 10.0. The highest BCUT2D eigenvalue weighted by Crippen LogP contribution is 2.08. The van der Waals surface area contributed by atoms with Crippen LogP contribution in [0.2, 0.25) is 0 Å². The van der Waals surface area contributed by atoms with E-state index in [1.54, 1.807) is 6.92 Å². The zero-order valence-corrected chi connectivity index (χ0v) is 10.8. The van der Waals surface area contributed by atoms with Crippen LogP contribution in [-0.2, 0) is 0 Å². The first kappa shape index (κ1) is 12.4. The van der Waals surface area contributed by atoms with Gasteiger partial charge in [0, 0.05) is 43.8 Å². The summed E-state index contributed by atoms with van der Waals surface area (Å²) in [5.41, 5.74) is -0.102. The van der Waals surface area contributed by atoms with Gasteiger partial charge in [-0.1, -0.05) is 0 Å². The molecule has 6 heteroatoms. The van der Waals surface area contributed by atoms with Crippen molar-refractivity contribution in [1.82, 2.24) is 14.9 Å². The first-order valence-electron chi connectivity index (χ1n) is 5.86. The van der Waals surface area contributed by atoms with E-state index in [0.717, 1.165) is 26.2 Å². The van der Waals surface area contributed by atoms with E-state index in [1.807, 2.05) is 11.8 Å². The SMILES string of the molecule is Cc1nc(NCCN2CCSCC2)cc(=O)[nH]1. The quantitative estimate of drug-likeness (QED) is 0.821. The average molecular weight is 254 g/mol. The monoisotopic (exact) mass is 254 g/mol. The fraction of sp³-hybridized carbons (Fsp3) is 0.636. The highest BCUT2D eigenvalue weighted by Gasteiger charge is 2.09. The molecule has 0 atom stereocenters. The number of aromatic amines is 1. The van der Waals surface area contributed by atoms with Crippen molar-refractivity contribution < 1.29 is 0 Å². The van der Waals surface area contributed by atoms with E-state index in [2.05, 4.69) is 20.2 Å². The second-order valence-electron chi connectivity index (χ2n) is 4.10. The molecule has 0 bridgehead atoms. The smallest absolute Gasteiger partial charge is 0.252 e. The van der Waals surface area contributed by atoms with Gasteiger partial charge in [-0.3, -0.25) is 9.69 Å². The predicted octanol–water partition coefficient (Wildman–Crippen LogP) is 0.539. The normalized spacial score (nSPS) is 17.0. The molecule has 1 fully saturated rings. The predicted molar refractivity (Wildman–Crippen MR) is 71.8 cm³/mol. The molecule has 1 aromatic heterocycles. The van der Waals surface area contributed by atoms with Crippen LogP contribution < -0.4 is 10.9 Å². The molecule has 1 aliphatic rings. The van der Waals surface area contributed by atoms with Crippen molar-refractivity contribution in [1.29, 1.82) is 0 Å². The molecule has 17 heavy (non-hydrogen) atoms. The van der Waals surface area contributed by atoms with Crippen molar-refractivity contribution in [2.45, 2.75) is 6.92 Å². The van der Waals surface area contributed by atoms with Crippen LogP contribution in [0.15, 0.2) is 10.9 Å². The van der Waals surface area contributed by atoms with Crippen LogP contribution in [0, 0.1) is 6.92 Å². The number of nitrogens with zero attached hydrogens (tertiary/aromatic N) is 2. The van der Waals surface area contributed by atoms with Crippen molar-refractivity contribution in [3.63, 3.8) is 0 Å². The Kier molecular flexibility index (Phi) is 4.44. The number of thioether (sulfide) groups is 1. The van der Waals surface area contributed by atoms with Gasteiger partial charge in [-0.15, -0.1) is 0 Å². The lowest BCUT2D eigenvalue weighted by molar-refractivity contribution is 0.314. The van der Waals surface area contributed by atoms with Gasteiger partial charge < -0.3 is 10.3 Å². The van der Waals surface area contributed by atoms with Gasteiger partial charge in [0.2, 0.25) is 0 Å². The number of aryl methyl sites for hydroxylation is 1. The number of anilines is 1. The third kappa shape index (κ3) is 4.05. The van der Waals surface area contributed by atoms with Crippen LogP contribution in [-0.4, -0.2) is 52.6 Å². The van der Waals surface area contributed by atoms with E-state index >= 15 is 0 Å². The minimum atomic E-state index is -0.102. The summed E-state index contributed by atoms with van der Waals surface area (Å²) in [5, 5.41) is 3.19. The molecule has 0 saturated carbocycles. The highest BCUT2D eigenvalue weighted by atomic mass is 32.2. The number of H-pyrrole nitrogens is 1. The minimum absolute atomic E-state index is 0.102. The minimum Gasteiger partial charge on any atom is -0.369 e. The molecule has 0 spiro atoms. The summed E-state index contributed by atoms with van der Waals surface area (Å²) in [5.74, 6) is 3.76. The van der Waals surface area contributed by atoms with Gasteiger partial charge in [0.1, 0.15) is 11.6 Å². The van der Waals surface area contributed by atoms with Crippen molar-refractivity contribution >= 4 is 17.6 Å². The van der Waals surface area contributed by atoms with Crippen molar-refractivity contribution in [2.24, 2.45) is 0 Å². The van der Waals surface area contributed by atoms with Crippen LogP contribution in [0.4, 0.5) is 5.82 Å². The Hall–Kier alpha value is -1.01. The fourth-order valence-electron chi connectivity index (χ4n) is 1.84. The summed E-state index contributed by atoms with van der Waals surface area (Å²) in [7, 11) is 0. The summed E-state index contributed by atoms with van der Waals surface area (Å²) in [6.07, 6.45) is 0. The fourth-order valence-corrected chi connectivity index (χ4v) is 2.82. The molecule has 0 radical (unpaired) electrons. The first-order valence-corrected chi connectivity index (χ1v) is 7.01. The molecule has 2 heterocycles. The van der Waals surface area contributed by atoms with Gasteiger partial charge in [0.15, 0.2) is 0 Å². The Morgan fingerprint density at radius 3 is 3.00 bits per heavy atom. The Labute approximate surface area is 105 Å². The number of hydrogen-bond acceptors (Lipinski definition) is 5. The van der Waals surface area contributed by atoms with Gasteiger partial charge >= 0.3 is 0 Å². The van der Waals surface area contributed by atoms with Crippen molar-refractivity contribution in [3.8, 4) is 0 Å². The summed E-state index contributed by atoms with van der Waals surface area (Å²) >= 11 is 2.01. The number of nitrogens with one attached hydrogen (secondary N) is 2. The lowest BCUT2D eigenvalue weighted by Gasteiger charge is -2.26. The molecule has 5 nitrogen and oxygen atoms in total. The van der Waals surface area contributed by atoms with E-state index in [-0.39, 0.29) is 5.56 Å². The first-order chi connectivity index (χ1) is 8.24. The molecule has 2 N–H and O–H groups in total. The molecule has 1 aromatic rings. The molecule has 0 aromatic carbocycles. The average Bonchev–Trinajstić information content (AvgIpc) is 2.29. The van der Waals surface area contributed by atoms with Crippen molar-refractivity contribution in [3.05, 3.63) is 22.2 Å². The molecular weight excluding hydrogens is 236 g/mol. The molecule has 1 aliphatic heterocycles. The molecule has 94 valence electrons. The highest BCUT2D eigenvalue weighted by molar-refractivity contribution is 7.99. The third-order valence-electron chi connectivity index (χ3n) is 2.70. The van der Waals surface area contributed by atoms with Gasteiger partial charge in [-0.25, -0.2) is 4.98 Å². The second-order valence-corrected chi connectivity index (χ2v) is 5.32. The molecular formula is C11H18N4OS. The van der Waals surface area contributed by atoms with Crippen LogP contribution in [0.5, 0.6) is 0 Å². The third-order valence-corrected chi connectivity index (χ3v) is 3.64. The summed E-state index contributed by atoms with van der Waals surface area (Å²) in [6.45, 7) is 5.95. The molecule has 2 rings (SSSR count).